The highest BCUT2D eigenvalue weighted by Crippen LogP contribution is 2.26. The van der Waals surface area contributed by atoms with Gasteiger partial charge in [-0.05, 0) is 19.3 Å². The minimum atomic E-state index is 0.163. The SMILES string of the molecule is OCC1CCCN1c1cc(N[C@@H]2C=C[C@H](CO)C2)ncn1. The smallest absolute Gasteiger partial charge is 0.134 e. The first-order chi connectivity index (χ1) is 10.3. The molecule has 0 bridgehead atoms. The van der Waals surface area contributed by atoms with E-state index < -0.39 is 0 Å². The fourth-order valence-corrected chi connectivity index (χ4v) is 3.12. The topological polar surface area (TPSA) is 81.5 Å². The summed E-state index contributed by atoms with van der Waals surface area (Å²) < 4.78 is 0. The molecule has 2 heterocycles. The fraction of sp³-hybridized carbons (Fsp3) is 0.600. The van der Waals surface area contributed by atoms with Gasteiger partial charge >= 0.3 is 0 Å². The van der Waals surface area contributed by atoms with Gasteiger partial charge in [-0.1, -0.05) is 12.2 Å². The van der Waals surface area contributed by atoms with Crippen LogP contribution < -0.4 is 10.2 Å². The predicted octanol–water partition coefficient (Wildman–Crippen LogP) is 0.787. The Morgan fingerprint density at radius 1 is 1.24 bits per heavy atom. The highest BCUT2D eigenvalue weighted by Gasteiger charge is 2.25. The largest absolute Gasteiger partial charge is 0.396 e. The zero-order chi connectivity index (χ0) is 14.7. The van der Waals surface area contributed by atoms with Crippen LogP contribution >= 0.6 is 0 Å². The van der Waals surface area contributed by atoms with Crippen molar-refractivity contribution in [1.29, 1.82) is 0 Å². The highest BCUT2D eigenvalue weighted by molar-refractivity contribution is 5.50. The molecule has 6 nitrogen and oxygen atoms in total. The Kier molecular flexibility index (Phi) is 4.36. The first kappa shape index (κ1) is 14.3. The predicted molar refractivity (Wildman–Crippen MR) is 81.2 cm³/mol. The van der Waals surface area contributed by atoms with Crippen LogP contribution in [-0.4, -0.2) is 52.0 Å². The van der Waals surface area contributed by atoms with E-state index in [0.29, 0.717) is 0 Å². The molecule has 2 aliphatic rings. The molecule has 21 heavy (non-hydrogen) atoms. The zero-order valence-electron chi connectivity index (χ0n) is 12.0. The third-order valence-electron chi connectivity index (χ3n) is 4.27. The molecule has 0 saturated carbocycles. The Balaban J connectivity index is 1.68. The second kappa shape index (κ2) is 6.41. The summed E-state index contributed by atoms with van der Waals surface area (Å²) in [7, 11) is 0. The molecule has 1 aliphatic carbocycles. The summed E-state index contributed by atoms with van der Waals surface area (Å²) in [6.07, 6.45) is 8.66. The summed E-state index contributed by atoms with van der Waals surface area (Å²) in [6, 6.07) is 2.31. The standard InChI is InChI=1S/C15H22N4O2/c20-8-11-3-4-12(6-11)18-14-7-15(17-10-16-14)19-5-1-2-13(19)9-21/h3-4,7,10-13,20-21H,1-2,5-6,8-9H2,(H,16,17,18)/t11-,12+,13?/m0/s1. The maximum atomic E-state index is 9.42. The number of nitrogens with one attached hydrogen (secondary N) is 1. The van der Waals surface area contributed by atoms with Crippen LogP contribution in [0.1, 0.15) is 19.3 Å². The number of aromatic nitrogens is 2. The molecule has 114 valence electrons. The molecule has 3 N–H and O–H groups in total. The van der Waals surface area contributed by atoms with E-state index in [0.717, 1.165) is 37.4 Å². The van der Waals surface area contributed by atoms with E-state index in [4.69, 9.17) is 5.11 Å². The van der Waals surface area contributed by atoms with Gasteiger partial charge in [0.2, 0.25) is 0 Å². The minimum Gasteiger partial charge on any atom is -0.396 e. The van der Waals surface area contributed by atoms with Crippen LogP contribution in [-0.2, 0) is 0 Å². The second-order valence-corrected chi connectivity index (χ2v) is 5.75. The minimum absolute atomic E-state index is 0.163. The molecule has 1 aliphatic heterocycles. The van der Waals surface area contributed by atoms with E-state index in [9.17, 15) is 5.11 Å². The lowest BCUT2D eigenvalue weighted by molar-refractivity contribution is 0.250. The molecule has 3 atom stereocenters. The molecule has 1 aromatic heterocycles. The van der Waals surface area contributed by atoms with Gasteiger partial charge in [-0.15, -0.1) is 0 Å². The van der Waals surface area contributed by atoms with Gasteiger partial charge in [-0.25, -0.2) is 9.97 Å². The van der Waals surface area contributed by atoms with E-state index >= 15 is 0 Å². The van der Waals surface area contributed by atoms with Gasteiger partial charge in [-0.2, -0.15) is 0 Å². The summed E-state index contributed by atoms with van der Waals surface area (Å²) in [4.78, 5) is 10.7. The van der Waals surface area contributed by atoms with Gasteiger partial charge < -0.3 is 20.4 Å². The first-order valence-electron chi connectivity index (χ1n) is 7.55. The molecule has 1 fully saturated rings. The Morgan fingerprint density at radius 2 is 2.14 bits per heavy atom. The summed E-state index contributed by atoms with van der Waals surface area (Å²) in [5.41, 5.74) is 0. The molecule has 0 aromatic carbocycles. The zero-order valence-corrected chi connectivity index (χ0v) is 12.0. The van der Waals surface area contributed by atoms with Crippen molar-refractivity contribution >= 4 is 11.6 Å². The van der Waals surface area contributed by atoms with Crippen molar-refractivity contribution in [1.82, 2.24) is 9.97 Å². The van der Waals surface area contributed by atoms with Crippen LogP contribution in [0.4, 0.5) is 11.6 Å². The molecular formula is C15H22N4O2. The summed E-state index contributed by atoms with van der Waals surface area (Å²) in [5.74, 6) is 1.89. The van der Waals surface area contributed by atoms with Crippen LogP contribution in [0.25, 0.3) is 0 Å². The summed E-state index contributed by atoms with van der Waals surface area (Å²) in [5, 5.41) is 21.9. The number of rotatable bonds is 5. The number of nitrogens with zero attached hydrogens (tertiary/aromatic N) is 3. The third-order valence-corrected chi connectivity index (χ3v) is 4.27. The lowest BCUT2D eigenvalue weighted by Gasteiger charge is -2.24. The molecule has 0 radical (unpaired) electrons. The Bertz CT molecular complexity index is 508. The number of hydrogen-bond acceptors (Lipinski definition) is 6. The normalized spacial score (nSPS) is 28.3. The van der Waals surface area contributed by atoms with Crippen molar-refractivity contribution in [2.24, 2.45) is 5.92 Å². The lowest BCUT2D eigenvalue weighted by Crippen LogP contribution is -2.32. The highest BCUT2D eigenvalue weighted by atomic mass is 16.3. The Morgan fingerprint density at radius 3 is 2.90 bits per heavy atom. The number of aliphatic hydroxyl groups is 2. The van der Waals surface area contributed by atoms with Crippen molar-refractivity contribution in [2.45, 2.75) is 31.3 Å². The average Bonchev–Trinajstić information content (AvgIpc) is 3.15. The number of anilines is 2. The van der Waals surface area contributed by atoms with Crippen molar-refractivity contribution in [2.75, 3.05) is 30.0 Å². The Labute approximate surface area is 124 Å². The maximum absolute atomic E-state index is 9.42. The van der Waals surface area contributed by atoms with Gasteiger partial charge in [0, 0.05) is 31.2 Å². The second-order valence-electron chi connectivity index (χ2n) is 5.75. The van der Waals surface area contributed by atoms with Crippen LogP contribution in [0.2, 0.25) is 0 Å². The molecule has 0 spiro atoms. The van der Waals surface area contributed by atoms with Gasteiger partial charge in [0.15, 0.2) is 0 Å². The molecule has 1 saturated heterocycles. The fourth-order valence-electron chi connectivity index (χ4n) is 3.12. The van der Waals surface area contributed by atoms with Gasteiger partial charge in [0.05, 0.1) is 12.6 Å². The molecule has 1 unspecified atom stereocenters. The van der Waals surface area contributed by atoms with Crippen molar-refractivity contribution < 1.29 is 10.2 Å². The molecule has 6 heteroatoms. The molecule has 3 rings (SSSR count). The lowest BCUT2D eigenvalue weighted by atomic mass is 10.1. The molecular weight excluding hydrogens is 268 g/mol. The molecule has 0 amide bonds. The van der Waals surface area contributed by atoms with Gasteiger partial charge in [0.1, 0.15) is 18.0 Å². The quantitative estimate of drug-likeness (QED) is 0.696. The van der Waals surface area contributed by atoms with E-state index in [2.05, 4.69) is 26.3 Å². The van der Waals surface area contributed by atoms with Crippen molar-refractivity contribution in [3.05, 3.63) is 24.5 Å². The van der Waals surface area contributed by atoms with Crippen LogP contribution in [0, 0.1) is 5.92 Å². The third kappa shape index (κ3) is 3.16. The van der Waals surface area contributed by atoms with Crippen LogP contribution in [0.5, 0.6) is 0 Å². The van der Waals surface area contributed by atoms with Crippen molar-refractivity contribution in [3.63, 3.8) is 0 Å². The number of hydrogen-bond donors (Lipinski definition) is 3. The van der Waals surface area contributed by atoms with E-state index in [1.54, 1.807) is 6.33 Å². The van der Waals surface area contributed by atoms with E-state index in [1.807, 2.05) is 12.1 Å². The van der Waals surface area contributed by atoms with Crippen LogP contribution in [0.3, 0.4) is 0 Å². The Hall–Kier alpha value is -1.66. The summed E-state index contributed by atoms with van der Waals surface area (Å²) in [6.45, 7) is 1.28. The monoisotopic (exact) mass is 290 g/mol. The maximum Gasteiger partial charge on any atom is 0.134 e. The van der Waals surface area contributed by atoms with Gasteiger partial charge in [0.25, 0.3) is 0 Å². The average molecular weight is 290 g/mol. The van der Waals surface area contributed by atoms with Gasteiger partial charge in [-0.3, -0.25) is 0 Å². The molecule has 1 aromatic rings. The van der Waals surface area contributed by atoms with Crippen molar-refractivity contribution in [3.8, 4) is 0 Å². The van der Waals surface area contributed by atoms with Crippen LogP contribution in [0.15, 0.2) is 24.5 Å². The van der Waals surface area contributed by atoms with E-state index in [1.165, 1.54) is 0 Å². The number of aliphatic hydroxyl groups excluding tert-OH is 2. The first-order valence-corrected chi connectivity index (χ1v) is 7.55. The van der Waals surface area contributed by atoms with E-state index in [-0.39, 0.29) is 31.2 Å². The summed E-state index contributed by atoms with van der Waals surface area (Å²) >= 11 is 0.